The standard InChI is InChI=1S/C22H32N6O.HI/c1-3-25-22(28-11-8-18(9-12-28)14-21(29)23-2)26-15-19-4-6-20(7-5-19)16-27-13-10-24-17-27;/h4-7,10,13,17-18H,3,8-9,11-12,14-16H2,1-2H3,(H,23,29)(H,25,26);1H. The first-order valence-corrected chi connectivity index (χ1v) is 10.4. The quantitative estimate of drug-likeness (QED) is 0.332. The molecule has 1 fully saturated rings. The number of nitrogens with one attached hydrogen (secondary N) is 2. The molecular formula is C22H33IN6O. The number of piperidine rings is 1. The molecule has 2 aromatic rings. The van der Waals surface area contributed by atoms with E-state index in [-0.39, 0.29) is 29.9 Å². The van der Waals surface area contributed by atoms with Crippen LogP contribution in [-0.4, -0.2) is 53.0 Å². The Bertz CT molecular complexity index is 782. The second-order valence-corrected chi connectivity index (χ2v) is 7.53. The molecule has 8 heteroatoms. The zero-order chi connectivity index (χ0) is 20.5. The topological polar surface area (TPSA) is 74.5 Å². The summed E-state index contributed by atoms with van der Waals surface area (Å²) in [4.78, 5) is 22.9. The van der Waals surface area contributed by atoms with Crippen LogP contribution in [0.5, 0.6) is 0 Å². The second-order valence-electron chi connectivity index (χ2n) is 7.53. The van der Waals surface area contributed by atoms with Crippen molar-refractivity contribution in [3.8, 4) is 0 Å². The van der Waals surface area contributed by atoms with E-state index in [4.69, 9.17) is 4.99 Å². The maximum Gasteiger partial charge on any atom is 0.220 e. The van der Waals surface area contributed by atoms with E-state index in [9.17, 15) is 4.79 Å². The summed E-state index contributed by atoms with van der Waals surface area (Å²) in [6.07, 6.45) is 8.29. The lowest BCUT2D eigenvalue weighted by molar-refractivity contribution is -0.121. The summed E-state index contributed by atoms with van der Waals surface area (Å²) >= 11 is 0. The highest BCUT2D eigenvalue weighted by atomic mass is 127. The summed E-state index contributed by atoms with van der Waals surface area (Å²) in [5.41, 5.74) is 2.45. The molecule has 1 aliphatic heterocycles. The number of likely N-dealkylation sites (tertiary alicyclic amines) is 1. The van der Waals surface area contributed by atoms with Gasteiger partial charge in [0.25, 0.3) is 0 Å². The minimum Gasteiger partial charge on any atom is -0.359 e. The van der Waals surface area contributed by atoms with Crippen LogP contribution in [0.25, 0.3) is 0 Å². The lowest BCUT2D eigenvalue weighted by atomic mass is 9.93. The largest absolute Gasteiger partial charge is 0.359 e. The predicted molar refractivity (Wildman–Crippen MR) is 131 cm³/mol. The molecule has 0 unspecified atom stereocenters. The van der Waals surface area contributed by atoms with Gasteiger partial charge < -0.3 is 20.1 Å². The van der Waals surface area contributed by atoms with Crippen LogP contribution in [0, 0.1) is 5.92 Å². The number of aliphatic imine (C=N–C) groups is 1. The highest BCUT2D eigenvalue weighted by Gasteiger charge is 2.23. The average Bonchev–Trinajstić information content (AvgIpc) is 3.26. The molecule has 0 radical (unpaired) electrons. The number of imidazole rings is 1. The fourth-order valence-electron chi connectivity index (χ4n) is 3.65. The van der Waals surface area contributed by atoms with Crippen LogP contribution >= 0.6 is 24.0 Å². The van der Waals surface area contributed by atoms with Crippen molar-refractivity contribution in [2.45, 2.75) is 39.3 Å². The SMILES string of the molecule is CCNC(=NCc1ccc(Cn2ccnc2)cc1)N1CCC(CC(=O)NC)CC1.I. The number of hydrogen-bond donors (Lipinski definition) is 2. The Morgan fingerprint density at radius 1 is 1.20 bits per heavy atom. The molecule has 2 heterocycles. The van der Waals surface area contributed by atoms with Crippen molar-refractivity contribution in [3.05, 3.63) is 54.1 Å². The Morgan fingerprint density at radius 2 is 1.90 bits per heavy atom. The maximum atomic E-state index is 11.6. The number of carbonyl (C=O) groups is 1. The average molecular weight is 524 g/mol. The number of guanidine groups is 1. The summed E-state index contributed by atoms with van der Waals surface area (Å²) in [5, 5.41) is 6.14. The highest BCUT2D eigenvalue weighted by Crippen LogP contribution is 2.20. The van der Waals surface area contributed by atoms with E-state index >= 15 is 0 Å². The Labute approximate surface area is 196 Å². The van der Waals surface area contributed by atoms with Crippen LogP contribution in [0.3, 0.4) is 0 Å². The summed E-state index contributed by atoms with van der Waals surface area (Å²) in [6.45, 7) is 6.32. The molecule has 1 saturated heterocycles. The van der Waals surface area contributed by atoms with Crippen LogP contribution in [0.15, 0.2) is 48.0 Å². The number of benzene rings is 1. The minimum absolute atomic E-state index is 0. The molecule has 30 heavy (non-hydrogen) atoms. The molecule has 1 aromatic heterocycles. The third kappa shape index (κ3) is 7.30. The third-order valence-corrected chi connectivity index (χ3v) is 5.36. The third-order valence-electron chi connectivity index (χ3n) is 5.36. The first-order chi connectivity index (χ1) is 14.2. The molecule has 0 bridgehead atoms. The Balaban J connectivity index is 0.00000320. The molecule has 164 valence electrons. The zero-order valence-corrected chi connectivity index (χ0v) is 20.2. The Morgan fingerprint density at radius 3 is 2.50 bits per heavy atom. The Hall–Kier alpha value is -2.10. The number of rotatable bonds is 7. The van der Waals surface area contributed by atoms with Gasteiger partial charge in [-0.2, -0.15) is 0 Å². The molecule has 0 atom stereocenters. The van der Waals surface area contributed by atoms with E-state index in [0.29, 0.717) is 18.9 Å². The smallest absolute Gasteiger partial charge is 0.220 e. The van der Waals surface area contributed by atoms with Gasteiger partial charge >= 0.3 is 0 Å². The van der Waals surface area contributed by atoms with Gasteiger partial charge in [-0.25, -0.2) is 9.98 Å². The summed E-state index contributed by atoms with van der Waals surface area (Å²) in [6, 6.07) is 8.61. The molecule has 0 aliphatic carbocycles. The molecule has 0 spiro atoms. The first kappa shape index (κ1) is 24.2. The van der Waals surface area contributed by atoms with Crippen molar-refractivity contribution in [2.75, 3.05) is 26.7 Å². The molecule has 7 nitrogen and oxygen atoms in total. The van der Waals surface area contributed by atoms with Crippen LogP contribution < -0.4 is 10.6 Å². The molecule has 0 saturated carbocycles. The van der Waals surface area contributed by atoms with Gasteiger partial charge in [0.1, 0.15) is 0 Å². The number of amides is 1. The zero-order valence-electron chi connectivity index (χ0n) is 17.9. The number of nitrogens with zero attached hydrogens (tertiary/aromatic N) is 4. The minimum atomic E-state index is 0. The molecule has 3 rings (SSSR count). The van der Waals surface area contributed by atoms with Crippen molar-refractivity contribution in [2.24, 2.45) is 10.9 Å². The monoisotopic (exact) mass is 524 g/mol. The van der Waals surface area contributed by atoms with Gasteiger partial charge in [0.15, 0.2) is 5.96 Å². The number of aromatic nitrogens is 2. The van der Waals surface area contributed by atoms with Crippen molar-refractivity contribution in [1.29, 1.82) is 0 Å². The summed E-state index contributed by atoms with van der Waals surface area (Å²) in [5.74, 6) is 1.58. The van der Waals surface area contributed by atoms with Gasteiger partial charge in [-0.3, -0.25) is 4.79 Å². The lowest BCUT2D eigenvalue weighted by Gasteiger charge is -2.34. The summed E-state index contributed by atoms with van der Waals surface area (Å²) in [7, 11) is 1.71. The number of halogens is 1. The fourth-order valence-corrected chi connectivity index (χ4v) is 3.65. The van der Waals surface area contributed by atoms with E-state index in [2.05, 4.69) is 56.3 Å². The van der Waals surface area contributed by atoms with Gasteiger partial charge in [0.2, 0.25) is 5.91 Å². The first-order valence-electron chi connectivity index (χ1n) is 10.4. The van der Waals surface area contributed by atoms with E-state index in [1.807, 2.05) is 12.5 Å². The maximum absolute atomic E-state index is 11.6. The molecule has 1 aromatic carbocycles. The summed E-state index contributed by atoms with van der Waals surface area (Å²) < 4.78 is 2.06. The van der Waals surface area contributed by atoms with Gasteiger partial charge in [-0.05, 0) is 36.8 Å². The lowest BCUT2D eigenvalue weighted by Crippen LogP contribution is -2.46. The number of hydrogen-bond acceptors (Lipinski definition) is 3. The van der Waals surface area contributed by atoms with Crippen molar-refractivity contribution >= 4 is 35.8 Å². The van der Waals surface area contributed by atoms with Gasteiger partial charge in [-0.15, -0.1) is 24.0 Å². The highest BCUT2D eigenvalue weighted by molar-refractivity contribution is 14.0. The van der Waals surface area contributed by atoms with Gasteiger partial charge in [0, 0.05) is 52.0 Å². The molecule has 2 N–H and O–H groups in total. The molecular weight excluding hydrogens is 491 g/mol. The second kappa shape index (κ2) is 12.6. The van der Waals surface area contributed by atoms with Crippen LogP contribution in [0.1, 0.15) is 37.3 Å². The van der Waals surface area contributed by atoms with Crippen LogP contribution in [-0.2, 0) is 17.9 Å². The van der Waals surface area contributed by atoms with Crippen LogP contribution in [0.4, 0.5) is 0 Å². The van der Waals surface area contributed by atoms with Crippen molar-refractivity contribution < 1.29 is 4.79 Å². The fraction of sp³-hybridized carbons (Fsp3) is 0.500. The molecule has 1 aliphatic rings. The van der Waals surface area contributed by atoms with E-state index in [0.717, 1.165) is 45.0 Å². The van der Waals surface area contributed by atoms with Crippen molar-refractivity contribution in [3.63, 3.8) is 0 Å². The Kier molecular flexibility index (Phi) is 10.1. The molecule has 1 amide bonds. The van der Waals surface area contributed by atoms with Crippen molar-refractivity contribution in [1.82, 2.24) is 25.1 Å². The van der Waals surface area contributed by atoms with Gasteiger partial charge in [-0.1, -0.05) is 24.3 Å². The predicted octanol–water partition coefficient (Wildman–Crippen LogP) is 2.86. The van der Waals surface area contributed by atoms with E-state index < -0.39 is 0 Å². The van der Waals surface area contributed by atoms with Gasteiger partial charge in [0.05, 0.1) is 12.9 Å². The van der Waals surface area contributed by atoms with Crippen LogP contribution in [0.2, 0.25) is 0 Å². The van der Waals surface area contributed by atoms with E-state index in [1.165, 1.54) is 11.1 Å². The number of carbonyl (C=O) groups excluding carboxylic acids is 1. The normalized spacial score (nSPS) is 14.9. The van der Waals surface area contributed by atoms with E-state index in [1.54, 1.807) is 13.2 Å².